The molecule has 1 saturated carbocycles. The number of carbonyl (C=O) groups is 2. The van der Waals surface area contributed by atoms with Crippen LogP contribution in [-0.2, 0) is 14.3 Å². The normalized spacial score (nSPS) is 25.5. The predicted octanol–water partition coefficient (Wildman–Crippen LogP) is 1.94. The summed E-state index contributed by atoms with van der Waals surface area (Å²) >= 11 is 0. The number of hydrogen-bond acceptors (Lipinski definition) is 3. The van der Waals surface area contributed by atoms with Gasteiger partial charge in [-0.3, -0.25) is 9.59 Å². The number of carbonyl (C=O) groups excluding carboxylic acids is 2. The Morgan fingerprint density at radius 2 is 1.93 bits per heavy atom. The van der Waals surface area contributed by atoms with Crippen LogP contribution < -0.4 is 0 Å². The van der Waals surface area contributed by atoms with Crippen LogP contribution >= 0.6 is 0 Å². The van der Waals surface area contributed by atoms with E-state index < -0.39 is 11.5 Å². The minimum Gasteiger partial charge on any atom is -0.459 e. The first-order valence-corrected chi connectivity index (χ1v) is 4.91. The van der Waals surface area contributed by atoms with Gasteiger partial charge in [0.2, 0.25) is 0 Å². The lowest BCUT2D eigenvalue weighted by Crippen LogP contribution is -2.50. The molecule has 0 aromatic heterocycles. The first-order chi connectivity index (χ1) is 6.13. The smallest absolute Gasteiger partial charge is 0.317 e. The monoisotopic (exact) mass is 198 g/mol. The van der Waals surface area contributed by atoms with Crippen molar-refractivity contribution in [2.24, 2.45) is 11.3 Å². The van der Waals surface area contributed by atoms with Gasteiger partial charge < -0.3 is 4.74 Å². The fourth-order valence-electron chi connectivity index (χ4n) is 1.61. The second-order valence-corrected chi connectivity index (χ2v) is 5.54. The van der Waals surface area contributed by atoms with Crippen molar-refractivity contribution in [3.05, 3.63) is 0 Å². The molecule has 3 nitrogen and oxygen atoms in total. The minimum absolute atomic E-state index is 0.00625. The van der Waals surface area contributed by atoms with Gasteiger partial charge in [0.15, 0.2) is 5.78 Å². The molecule has 0 saturated heterocycles. The molecule has 0 radical (unpaired) electrons. The Balaban J connectivity index is 2.55. The summed E-state index contributed by atoms with van der Waals surface area (Å²) in [6, 6.07) is 0. The number of esters is 1. The van der Waals surface area contributed by atoms with Gasteiger partial charge in [-0.05, 0) is 27.2 Å². The molecule has 80 valence electrons. The van der Waals surface area contributed by atoms with E-state index >= 15 is 0 Å². The standard InChI is InChI=1S/C11H18O3/c1-10(2,3)14-9(13)7-6-11(4,5)8(7)12/h7H,6H2,1-5H3. The minimum atomic E-state index is -0.524. The molecule has 1 unspecified atom stereocenters. The molecule has 1 aliphatic carbocycles. The summed E-state index contributed by atoms with van der Waals surface area (Å²) in [5, 5.41) is 0. The lowest BCUT2D eigenvalue weighted by molar-refractivity contribution is -0.172. The summed E-state index contributed by atoms with van der Waals surface area (Å²) in [7, 11) is 0. The first-order valence-electron chi connectivity index (χ1n) is 4.91. The van der Waals surface area contributed by atoms with Crippen LogP contribution in [0.3, 0.4) is 0 Å². The van der Waals surface area contributed by atoms with E-state index in [2.05, 4.69) is 0 Å². The zero-order chi connectivity index (χ0) is 11.1. The van der Waals surface area contributed by atoms with Crippen LogP contribution in [0.25, 0.3) is 0 Å². The van der Waals surface area contributed by atoms with E-state index in [1.54, 1.807) is 20.8 Å². The van der Waals surface area contributed by atoms with Gasteiger partial charge in [0.25, 0.3) is 0 Å². The molecule has 0 aromatic rings. The average Bonchev–Trinajstić information content (AvgIpc) is 1.96. The summed E-state index contributed by atoms with van der Waals surface area (Å²) in [6.07, 6.45) is 0.612. The van der Waals surface area contributed by atoms with Crippen LogP contribution in [0.1, 0.15) is 41.0 Å². The lowest BCUT2D eigenvalue weighted by atomic mass is 9.63. The van der Waals surface area contributed by atoms with E-state index in [0.29, 0.717) is 6.42 Å². The third-order valence-corrected chi connectivity index (χ3v) is 2.39. The molecule has 0 aliphatic heterocycles. The van der Waals surface area contributed by atoms with Crippen molar-refractivity contribution < 1.29 is 14.3 Å². The highest BCUT2D eigenvalue weighted by Crippen LogP contribution is 2.41. The van der Waals surface area contributed by atoms with Gasteiger partial charge in [-0.15, -0.1) is 0 Å². The highest BCUT2D eigenvalue weighted by atomic mass is 16.6. The Labute approximate surface area is 84.8 Å². The summed E-state index contributed by atoms with van der Waals surface area (Å²) in [6.45, 7) is 9.13. The Morgan fingerprint density at radius 1 is 1.43 bits per heavy atom. The third-order valence-electron chi connectivity index (χ3n) is 2.39. The maximum Gasteiger partial charge on any atom is 0.317 e. The average molecular weight is 198 g/mol. The maximum atomic E-state index is 11.5. The maximum absolute atomic E-state index is 11.5. The van der Waals surface area contributed by atoms with Gasteiger partial charge in [-0.1, -0.05) is 13.8 Å². The van der Waals surface area contributed by atoms with E-state index in [1.165, 1.54) is 0 Å². The molecule has 14 heavy (non-hydrogen) atoms. The molecular weight excluding hydrogens is 180 g/mol. The van der Waals surface area contributed by atoms with E-state index in [1.807, 2.05) is 13.8 Å². The molecule has 1 aliphatic rings. The van der Waals surface area contributed by atoms with Crippen molar-refractivity contribution in [1.82, 2.24) is 0 Å². The van der Waals surface area contributed by atoms with Crippen molar-refractivity contribution in [2.75, 3.05) is 0 Å². The van der Waals surface area contributed by atoms with E-state index in [0.717, 1.165) is 0 Å². The second-order valence-electron chi connectivity index (χ2n) is 5.54. The number of ketones is 1. The van der Waals surface area contributed by atoms with Gasteiger partial charge in [-0.25, -0.2) is 0 Å². The molecule has 0 aromatic carbocycles. The van der Waals surface area contributed by atoms with Crippen molar-refractivity contribution in [2.45, 2.75) is 46.6 Å². The van der Waals surface area contributed by atoms with Crippen LogP contribution in [0.4, 0.5) is 0 Å². The molecule has 1 fully saturated rings. The van der Waals surface area contributed by atoms with Crippen molar-refractivity contribution in [1.29, 1.82) is 0 Å². The highest BCUT2D eigenvalue weighted by Gasteiger charge is 2.51. The second kappa shape index (κ2) is 3.07. The molecule has 0 bridgehead atoms. The van der Waals surface area contributed by atoms with E-state index in [4.69, 9.17) is 4.74 Å². The van der Waals surface area contributed by atoms with Crippen molar-refractivity contribution >= 4 is 11.8 Å². The Kier molecular flexibility index (Phi) is 2.46. The highest BCUT2D eigenvalue weighted by molar-refractivity contribution is 6.06. The molecule has 1 atom stereocenters. The molecule has 3 heteroatoms. The van der Waals surface area contributed by atoms with Crippen LogP contribution in [-0.4, -0.2) is 17.4 Å². The van der Waals surface area contributed by atoms with Crippen LogP contribution in [0.5, 0.6) is 0 Å². The topological polar surface area (TPSA) is 43.4 Å². The molecule has 0 spiro atoms. The van der Waals surface area contributed by atoms with E-state index in [9.17, 15) is 9.59 Å². The van der Waals surface area contributed by atoms with Gasteiger partial charge in [0, 0.05) is 5.41 Å². The Morgan fingerprint density at radius 3 is 2.21 bits per heavy atom. The SMILES string of the molecule is CC(C)(C)OC(=O)C1CC(C)(C)C1=O. The van der Waals surface area contributed by atoms with Gasteiger partial charge in [0.1, 0.15) is 11.5 Å². The van der Waals surface area contributed by atoms with Crippen molar-refractivity contribution in [3.63, 3.8) is 0 Å². The summed E-state index contributed by atoms with van der Waals surface area (Å²) in [5.41, 5.74) is -0.835. The fourth-order valence-corrected chi connectivity index (χ4v) is 1.61. The molecular formula is C11H18O3. The van der Waals surface area contributed by atoms with Crippen LogP contribution in [0.15, 0.2) is 0 Å². The zero-order valence-electron chi connectivity index (χ0n) is 9.51. The molecule has 1 rings (SSSR count). The largest absolute Gasteiger partial charge is 0.459 e. The lowest BCUT2D eigenvalue weighted by Gasteiger charge is -2.39. The zero-order valence-corrected chi connectivity index (χ0v) is 9.51. The molecule has 0 N–H and O–H groups in total. The van der Waals surface area contributed by atoms with Crippen molar-refractivity contribution in [3.8, 4) is 0 Å². The summed E-state index contributed by atoms with van der Waals surface area (Å²) in [4.78, 5) is 23.0. The number of hydrogen-bond donors (Lipinski definition) is 0. The molecule has 0 heterocycles. The Hall–Kier alpha value is -0.860. The first kappa shape index (κ1) is 11.2. The summed E-state index contributed by atoms with van der Waals surface area (Å²) in [5.74, 6) is -0.891. The summed E-state index contributed by atoms with van der Waals surface area (Å²) < 4.78 is 5.15. The van der Waals surface area contributed by atoms with Gasteiger partial charge in [0.05, 0.1) is 0 Å². The molecule has 0 amide bonds. The Bertz CT molecular complexity index is 271. The number of Topliss-reactive ketones (excluding diaryl/α,β-unsaturated/α-hetero) is 1. The van der Waals surface area contributed by atoms with E-state index in [-0.39, 0.29) is 17.2 Å². The predicted molar refractivity (Wildman–Crippen MR) is 52.7 cm³/mol. The van der Waals surface area contributed by atoms with Gasteiger partial charge in [-0.2, -0.15) is 0 Å². The number of rotatable bonds is 1. The number of ether oxygens (including phenoxy) is 1. The third kappa shape index (κ3) is 2.14. The van der Waals surface area contributed by atoms with Crippen LogP contribution in [0.2, 0.25) is 0 Å². The fraction of sp³-hybridized carbons (Fsp3) is 0.818. The van der Waals surface area contributed by atoms with Crippen LogP contribution in [0, 0.1) is 11.3 Å². The quantitative estimate of drug-likeness (QED) is 0.477. The van der Waals surface area contributed by atoms with Gasteiger partial charge >= 0.3 is 5.97 Å².